The van der Waals surface area contributed by atoms with Crippen LogP contribution < -0.4 is 4.90 Å². The number of anilines is 3. The molecule has 6 aromatic carbocycles. The Morgan fingerprint density at radius 3 is 1.43 bits per heavy atom. The van der Waals surface area contributed by atoms with Crippen molar-refractivity contribution < 1.29 is 0 Å². The van der Waals surface area contributed by atoms with E-state index in [0.717, 1.165) is 17.1 Å². The largest absolute Gasteiger partial charge is 0.310 e. The Morgan fingerprint density at radius 1 is 0.426 bits per heavy atom. The number of hydrogen-bond donors (Lipinski definition) is 0. The fraction of sp³-hybridized carbons (Fsp3) is 0.0400. The summed E-state index contributed by atoms with van der Waals surface area (Å²) in [5, 5.41) is 5.14. The first-order valence-corrected chi connectivity index (χ1v) is 20.6. The lowest BCUT2D eigenvalue weighted by Crippen LogP contribution is -2.09. The van der Waals surface area contributed by atoms with Gasteiger partial charge < -0.3 is 4.90 Å². The Kier molecular flexibility index (Phi) is 8.96. The Bertz CT molecular complexity index is 2930. The first-order valence-electron chi connectivity index (χ1n) is 18.1. The van der Waals surface area contributed by atoms with E-state index < -0.39 is 0 Å². The molecule has 0 N–H and O–H groups in total. The summed E-state index contributed by atoms with van der Waals surface area (Å²) in [6.45, 7) is 12.3. The molecule has 0 fully saturated rings. The van der Waals surface area contributed by atoms with Gasteiger partial charge in [0.1, 0.15) is 0 Å². The lowest BCUT2D eigenvalue weighted by molar-refractivity contribution is 1.29. The van der Waals surface area contributed by atoms with Crippen LogP contribution in [-0.4, -0.2) is 0 Å². The van der Waals surface area contributed by atoms with Gasteiger partial charge in [-0.1, -0.05) is 104 Å². The number of fused-ring (bicyclic) bond motifs is 5. The first kappa shape index (κ1) is 34.0. The van der Waals surface area contributed by atoms with Gasteiger partial charge in [-0.2, -0.15) is 0 Å². The highest BCUT2D eigenvalue weighted by atomic mass is 32.1. The molecule has 0 radical (unpaired) electrons. The predicted molar refractivity (Wildman–Crippen MR) is 245 cm³/mol. The van der Waals surface area contributed by atoms with E-state index in [0.29, 0.717) is 0 Å². The summed E-state index contributed by atoms with van der Waals surface area (Å²) in [6.07, 6.45) is 12.5. The topological polar surface area (TPSA) is 3.24 Å². The minimum absolute atomic E-state index is 1.10. The highest BCUT2D eigenvalue weighted by Gasteiger charge is 2.17. The van der Waals surface area contributed by atoms with Crippen molar-refractivity contribution >= 4 is 116 Å². The van der Waals surface area contributed by atoms with E-state index in [1.165, 1.54) is 83.5 Å². The normalized spacial score (nSPS) is 11.9. The number of hydrogen-bond acceptors (Lipinski definition) is 4. The molecule has 0 spiro atoms. The summed E-state index contributed by atoms with van der Waals surface area (Å²) in [5.41, 5.74) is 10.6. The fourth-order valence-electron chi connectivity index (χ4n) is 7.52. The summed E-state index contributed by atoms with van der Waals surface area (Å²) >= 11 is 5.44. The van der Waals surface area contributed by atoms with Gasteiger partial charge in [0.25, 0.3) is 0 Å². The van der Waals surface area contributed by atoms with E-state index >= 15 is 0 Å². The predicted octanol–water partition coefficient (Wildman–Crippen LogP) is 16.6. The van der Waals surface area contributed by atoms with Crippen LogP contribution in [0, 0.1) is 0 Å². The molecule has 0 aliphatic heterocycles. The molecule has 1 nitrogen and oxygen atoms in total. The van der Waals surface area contributed by atoms with E-state index in [-0.39, 0.29) is 0 Å². The van der Waals surface area contributed by atoms with Crippen LogP contribution in [0.25, 0.3) is 86.9 Å². The van der Waals surface area contributed by atoms with E-state index in [1.807, 2.05) is 23.5 Å². The van der Waals surface area contributed by atoms with E-state index in [2.05, 4.69) is 184 Å². The first-order chi connectivity index (χ1) is 26.6. The molecule has 54 heavy (non-hydrogen) atoms. The molecule has 260 valence electrons. The monoisotopic (exact) mass is 747 g/mol. The van der Waals surface area contributed by atoms with Crippen LogP contribution in [-0.2, 0) is 0 Å². The lowest BCUT2D eigenvalue weighted by Gasteiger charge is -2.26. The molecule has 0 aliphatic carbocycles. The van der Waals surface area contributed by atoms with Gasteiger partial charge >= 0.3 is 0 Å². The molecule has 0 atom stereocenters. The van der Waals surface area contributed by atoms with Crippen molar-refractivity contribution in [3.8, 4) is 22.3 Å². The van der Waals surface area contributed by atoms with Crippen LogP contribution in [0.15, 0.2) is 153 Å². The van der Waals surface area contributed by atoms with Gasteiger partial charge in [-0.15, -0.1) is 34.0 Å². The minimum atomic E-state index is 1.10. The molecule has 3 aromatic heterocycles. The molecular weight excluding hydrogens is 711 g/mol. The third kappa shape index (κ3) is 5.93. The number of rotatable bonds is 9. The van der Waals surface area contributed by atoms with Crippen LogP contribution in [0.5, 0.6) is 0 Å². The van der Waals surface area contributed by atoms with Gasteiger partial charge in [-0.05, 0) is 114 Å². The zero-order valence-electron chi connectivity index (χ0n) is 30.2. The standard InChI is InChI=1S/C50H37NS3/c1-5-11-39-42-29-34(19-26-48(42)52-45(39)7-3)32-15-21-36(22-16-32)51(38-25-28-50-44(31-38)40(12-6-2)46(8-4)53-50)37-23-17-33(18-24-37)35-20-27-49-43(30-35)41-13-9-10-14-47(41)54-49/h5-31H,3-4H2,1-2H3/b11-5-,12-6-. The molecule has 0 aliphatic rings. The van der Waals surface area contributed by atoms with Crippen molar-refractivity contribution in [3.05, 3.63) is 174 Å². The average Bonchev–Trinajstić information content (AvgIpc) is 3.89. The van der Waals surface area contributed by atoms with Gasteiger partial charge in [0.15, 0.2) is 0 Å². The van der Waals surface area contributed by atoms with Crippen molar-refractivity contribution in [2.45, 2.75) is 13.8 Å². The smallest absolute Gasteiger partial charge is 0.0468 e. The molecule has 4 heteroatoms. The SMILES string of the molecule is C=Cc1sc2ccc(-c3ccc(N(c4ccc(-c5ccc6sc7ccccc7c6c5)cc4)c4ccc5sc(C=C)c(/C=C\C)c5c4)cc3)cc2c1/C=C\C. The summed E-state index contributed by atoms with van der Waals surface area (Å²) in [7, 11) is 0. The van der Waals surface area contributed by atoms with Crippen molar-refractivity contribution in [3.63, 3.8) is 0 Å². The maximum absolute atomic E-state index is 4.11. The number of thiophene rings is 3. The highest BCUT2D eigenvalue weighted by molar-refractivity contribution is 7.25. The number of benzene rings is 6. The lowest BCUT2D eigenvalue weighted by atomic mass is 10.0. The van der Waals surface area contributed by atoms with E-state index in [1.54, 1.807) is 22.7 Å². The maximum Gasteiger partial charge on any atom is 0.0468 e. The Hall–Kier alpha value is -5.78. The van der Waals surface area contributed by atoms with Crippen LogP contribution >= 0.6 is 34.0 Å². The second-order valence-corrected chi connectivity index (χ2v) is 16.5. The van der Waals surface area contributed by atoms with E-state index in [9.17, 15) is 0 Å². The van der Waals surface area contributed by atoms with Crippen molar-refractivity contribution in [2.75, 3.05) is 4.90 Å². The second kappa shape index (κ2) is 14.2. The third-order valence-electron chi connectivity index (χ3n) is 10.1. The Balaban J connectivity index is 1.14. The number of nitrogens with zero attached hydrogens (tertiary/aromatic N) is 1. The molecule has 0 saturated carbocycles. The maximum atomic E-state index is 4.11. The van der Waals surface area contributed by atoms with Gasteiger partial charge in [-0.3, -0.25) is 0 Å². The Labute approximate surface area is 328 Å². The van der Waals surface area contributed by atoms with Crippen molar-refractivity contribution in [1.29, 1.82) is 0 Å². The summed E-state index contributed by atoms with van der Waals surface area (Å²) in [4.78, 5) is 4.77. The second-order valence-electron chi connectivity index (χ2n) is 13.3. The molecule has 3 heterocycles. The van der Waals surface area contributed by atoms with Crippen LogP contribution in [0.1, 0.15) is 34.7 Å². The van der Waals surface area contributed by atoms with Crippen LogP contribution in [0.3, 0.4) is 0 Å². The number of allylic oxidation sites excluding steroid dienone is 2. The highest BCUT2D eigenvalue weighted by Crippen LogP contribution is 2.43. The van der Waals surface area contributed by atoms with Gasteiger partial charge in [0.2, 0.25) is 0 Å². The quantitative estimate of drug-likeness (QED) is 0.142. The average molecular weight is 748 g/mol. The molecule has 0 saturated heterocycles. The molecule has 9 aromatic rings. The Morgan fingerprint density at radius 2 is 0.870 bits per heavy atom. The minimum Gasteiger partial charge on any atom is -0.310 e. The third-order valence-corrected chi connectivity index (χ3v) is 13.6. The molecule has 0 amide bonds. The summed E-state index contributed by atoms with van der Waals surface area (Å²) in [6, 6.07) is 47.2. The molecule has 9 rings (SSSR count). The molecule has 0 bridgehead atoms. The fourth-order valence-corrected chi connectivity index (χ4v) is 10.6. The zero-order valence-corrected chi connectivity index (χ0v) is 32.6. The van der Waals surface area contributed by atoms with Crippen LogP contribution in [0.4, 0.5) is 17.1 Å². The molecule has 0 unspecified atom stereocenters. The van der Waals surface area contributed by atoms with E-state index in [4.69, 9.17) is 0 Å². The van der Waals surface area contributed by atoms with Crippen molar-refractivity contribution in [1.82, 2.24) is 0 Å². The van der Waals surface area contributed by atoms with Gasteiger partial charge in [0.05, 0.1) is 0 Å². The zero-order chi connectivity index (χ0) is 36.8. The molecular formula is C50H37NS3. The van der Waals surface area contributed by atoms with Crippen LogP contribution in [0.2, 0.25) is 0 Å². The van der Waals surface area contributed by atoms with Gasteiger partial charge in [-0.25, -0.2) is 0 Å². The summed E-state index contributed by atoms with van der Waals surface area (Å²) < 4.78 is 5.18. The van der Waals surface area contributed by atoms with Gasteiger partial charge in [0, 0.05) is 72.7 Å². The summed E-state index contributed by atoms with van der Waals surface area (Å²) in [5.74, 6) is 0. The van der Waals surface area contributed by atoms with Crippen molar-refractivity contribution in [2.24, 2.45) is 0 Å².